The van der Waals surface area contributed by atoms with Crippen LogP contribution in [0.2, 0.25) is 0 Å². The average molecular weight is 342 g/mol. The SMILES string of the molecule is O.O.[OH-].[OH-].[Sr+2].[W]. The standard InChI is InChI=1S/4H2O.Sr.W/h4*1H2;;/q;;;;+2;/p-2. The first-order chi connectivity index (χ1) is 0. The zero-order valence-corrected chi connectivity index (χ0v) is 9.42. The minimum Gasteiger partial charge on any atom is -0.870 e. The zero-order chi connectivity index (χ0) is 0. The van der Waals surface area contributed by atoms with E-state index in [0.717, 1.165) is 0 Å². The molecule has 6 heteroatoms. The Bertz CT molecular complexity index is 7.51. The molecular formula is H6O4SrW. The van der Waals surface area contributed by atoms with Gasteiger partial charge in [0.05, 0.1) is 0 Å². The van der Waals surface area contributed by atoms with Crippen LogP contribution < -0.4 is 0 Å². The molecule has 0 atom stereocenters. The van der Waals surface area contributed by atoms with Gasteiger partial charge in [0.2, 0.25) is 0 Å². The van der Waals surface area contributed by atoms with Crippen molar-refractivity contribution in [1.82, 2.24) is 0 Å². The smallest absolute Gasteiger partial charge is 0.870 e. The molecule has 0 rings (SSSR count). The van der Waals surface area contributed by atoms with E-state index in [9.17, 15) is 0 Å². The van der Waals surface area contributed by atoms with Crippen molar-refractivity contribution in [2.24, 2.45) is 0 Å². The van der Waals surface area contributed by atoms with E-state index in [-0.39, 0.29) is 88.5 Å². The molecular weight excluding hydrogens is 335 g/mol. The van der Waals surface area contributed by atoms with Crippen LogP contribution in [-0.2, 0) is 21.1 Å². The number of hydrogen-bond acceptors (Lipinski definition) is 2. The molecule has 0 unspecified atom stereocenters. The monoisotopic (exact) mass is 342 g/mol. The molecule has 0 fully saturated rings. The summed E-state index contributed by atoms with van der Waals surface area (Å²) in [4.78, 5) is 0. The van der Waals surface area contributed by atoms with Crippen LogP contribution in [0.3, 0.4) is 0 Å². The van der Waals surface area contributed by atoms with Crippen LogP contribution in [0.15, 0.2) is 0 Å². The summed E-state index contributed by atoms with van der Waals surface area (Å²) in [7, 11) is 0. The van der Waals surface area contributed by atoms with Gasteiger partial charge >= 0.3 is 45.5 Å². The predicted molar refractivity (Wildman–Crippen MR) is 16.9 cm³/mol. The van der Waals surface area contributed by atoms with Gasteiger partial charge < -0.3 is 21.9 Å². The summed E-state index contributed by atoms with van der Waals surface area (Å²) in [5.41, 5.74) is 0. The Morgan fingerprint density at radius 1 is 0.667 bits per heavy atom. The van der Waals surface area contributed by atoms with Crippen LogP contribution in [0.4, 0.5) is 0 Å². The Morgan fingerprint density at radius 3 is 0.667 bits per heavy atom. The molecule has 6 N–H and O–H groups in total. The molecule has 0 heterocycles. The van der Waals surface area contributed by atoms with Crippen LogP contribution in [0.5, 0.6) is 0 Å². The summed E-state index contributed by atoms with van der Waals surface area (Å²) in [6.45, 7) is 0. The first-order valence-corrected chi connectivity index (χ1v) is 0. The van der Waals surface area contributed by atoms with Gasteiger partial charge in [-0.05, 0) is 0 Å². The molecule has 0 radical (unpaired) electrons. The van der Waals surface area contributed by atoms with Crippen molar-refractivity contribution in [3.05, 3.63) is 0 Å². The van der Waals surface area contributed by atoms with Gasteiger partial charge in [-0.25, -0.2) is 0 Å². The second kappa shape index (κ2) is 62.7. The van der Waals surface area contributed by atoms with E-state index < -0.39 is 0 Å². The Balaban J connectivity index is 0. The van der Waals surface area contributed by atoms with Crippen molar-refractivity contribution in [2.45, 2.75) is 0 Å². The second-order valence-electron chi connectivity index (χ2n) is 0. The van der Waals surface area contributed by atoms with E-state index in [1.54, 1.807) is 0 Å². The van der Waals surface area contributed by atoms with Gasteiger partial charge in [0.1, 0.15) is 0 Å². The maximum atomic E-state index is 0. The van der Waals surface area contributed by atoms with Crippen LogP contribution in [0, 0.1) is 0 Å². The van der Waals surface area contributed by atoms with Gasteiger partial charge in [0.15, 0.2) is 0 Å². The van der Waals surface area contributed by atoms with Crippen molar-refractivity contribution >= 4 is 45.5 Å². The number of hydrogen-bond donors (Lipinski definition) is 0. The van der Waals surface area contributed by atoms with Crippen LogP contribution in [0.1, 0.15) is 0 Å². The summed E-state index contributed by atoms with van der Waals surface area (Å²) in [6, 6.07) is 0. The maximum absolute atomic E-state index is 0. The quantitative estimate of drug-likeness (QED) is 0.456. The largest absolute Gasteiger partial charge is 2.00 e. The average Bonchev–Trinajstić information content (AvgIpc) is 0. The van der Waals surface area contributed by atoms with Gasteiger partial charge in [0, 0.05) is 21.1 Å². The molecule has 0 saturated carbocycles. The molecule has 0 aromatic heterocycles. The fourth-order valence-electron chi connectivity index (χ4n) is 0. The first-order valence-electron chi connectivity index (χ1n) is 0. The molecule has 4 nitrogen and oxygen atoms in total. The van der Waals surface area contributed by atoms with Gasteiger partial charge in [-0.1, -0.05) is 0 Å². The minimum absolute atomic E-state index is 0. The topological polar surface area (TPSA) is 123 Å². The third-order valence-corrected chi connectivity index (χ3v) is 0. The van der Waals surface area contributed by atoms with Gasteiger partial charge in [0.25, 0.3) is 0 Å². The molecule has 0 amide bonds. The molecule has 0 aromatic rings. The molecule has 38 valence electrons. The van der Waals surface area contributed by atoms with E-state index in [1.807, 2.05) is 0 Å². The van der Waals surface area contributed by atoms with Gasteiger partial charge in [-0.15, -0.1) is 0 Å². The molecule has 0 aliphatic heterocycles. The van der Waals surface area contributed by atoms with Crippen LogP contribution >= 0.6 is 0 Å². The van der Waals surface area contributed by atoms with E-state index in [4.69, 9.17) is 0 Å². The predicted octanol–water partition coefficient (Wildman–Crippen LogP) is -2.39. The Kier molecular flexibility index (Phi) is 1020. The number of rotatable bonds is 0. The molecule has 6 heavy (non-hydrogen) atoms. The van der Waals surface area contributed by atoms with Crippen molar-refractivity contribution in [1.29, 1.82) is 0 Å². The molecule has 0 aromatic carbocycles. The zero-order valence-electron chi connectivity index (χ0n) is 3.01. The summed E-state index contributed by atoms with van der Waals surface area (Å²) in [5, 5.41) is 0. The molecule has 0 aliphatic carbocycles. The third kappa shape index (κ3) is 37.4. The van der Waals surface area contributed by atoms with Crippen molar-refractivity contribution in [3.63, 3.8) is 0 Å². The fraction of sp³-hybridized carbons (Fsp3) is 0. The third-order valence-electron chi connectivity index (χ3n) is 0. The van der Waals surface area contributed by atoms with Crippen LogP contribution in [0.25, 0.3) is 0 Å². The van der Waals surface area contributed by atoms with Crippen LogP contribution in [-0.4, -0.2) is 67.4 Å². The van der Waals surface area contributed by atoms with Crippen molar-refractivity contribution in [2.75, 3.05) is 0 Å². The summed E-state index contributed by atoms with van der Waals surface area (Å²) >= 11 is 0. The summed E-state index contributed by atoms with van der Waals surface area (Å²) < 4.78 is 0. The molecule has 0 bridgehead atoms. The van der Waals surface area contributed by atoms with E-state index in [1.165, 1.54) is 0 Å². The Morgan fingerprint density at radius 2 is 0.667 bits per heavy atom. The molecule has 0 aliphatic rings. The van der Waals surface area contributed by atoms with Crippen molar-refractivity contribution in [3.8, 4) is 0 Å². The first kappa shape index (κ1) is 97.5. The normalized spacial score (nSPS) is 0. The van der Waals surface area contributed by atoms with E-state index in [0.29, 0.717) is 0 Å². The van der Waals surface area contributed by atoms with E-state index in [2.05, 4.69) is 0 Å². The maximum Gasteiger partial charge on any atom is 2.00 e. The Labute approximate surface area is 87.1 Å². The Hall–Kier alpha value is 2.01. The molecule has 0 spiro atoms. The minimum atomic E-state index is 0. The molecule has 0 saturated heterocycles. The van der Waals surface area contributed by atoms with Crippen molar-refractivity contribution < 1.29 is 43.0 Å². The summed E-state index contributed by atoms with van der Waals surface area (Å²) in [5.74, 6) is 0. The van der Waals surface area contributed by atoms with Gasteiger partial charge in [-0.3, -0.25) is 0 Å². The van der Waals surface area contributed by atoms with Gasteiger partial charge in [-0.2, -0.15) is 0 Å². The van der Waals surface area contributed by atoms with E-state index >= 15 is 0 Å². The second-order valence-corrected chi connectivity index (χ2v) is 0. The fourth-order valence-corrected chi connectivity index (χ4v) is 0. The summed E-state index contributed by atoms with van der Waals surface area (Å²) in [6.07, 6.45) is 0.